The smallest absolute Gasteiger partial charge is 0.748 e. The van der Waals surface area contributed by atoms with Gasteiger partial charge in [0.2, 0.25) is 5.91 Å². The van der Waals surface area contributed by atoms with E-state index >= 15 is 0 Å². The second kappa shape index (κ2) is 22.7. The van der Waals surface area contributed by atoms with Crippen LogP contribution in [0.15, 0.2) is 16.4 Å². The molecule has 1 heterocycles. The van der Waals surface area contributed by atoms with Crippen molar-refractivity contribution in [1.29, 1.82) is 5.26 Å². The average Bonchev–Trinajstić information content (AvgIpc) is 3.38. The van der Waals surface area contributed by atoms with E-state index < -0.39 is 76.8 Å². The summed E-state index contributed by atoms with van der Waals surface area (Å²) in [6.07, 6.45) is 3.86. The molecule has 1 aromatic heterocycles. The quantitative estimate of drug-likeness (QED) is 0.0662. The van der Waals surface area contributed by atoms with Crippen LogP contribution < -0.4 is 108 Å². The molecule has 0 aromatic carbocycles. The Morgan fingerprint density at radius 2 is 1.47 bits per heavy atom. The molecule has 0 radical (unpaired) electrons. The van der Waals surface area contributed by atoms with Crippen LogP contribution in [0.2, 0.25) is 0 Å². The molecule has 266 valence electrons. The molecule has 1 amide bonds. The van der Waals surface area contributed by atoms with Gasteiger partial charge >= 0.3 is 103 Å². The molecule has 1 N–H and O–H groups in total. The summed E-state index contributed by atoms with van der Waals surface area (Å²) in [6.45, 7) is 2.20. The first-order chi connectivity index (χ1) is 21.9. The van der Waals surface area contributed by atoms with Gasteiger partial charge in [0, 0.05) is 24.5 Å². The monoisotopic (exact) mass is 875 g/mol. The molecule has 14 nitrogen and oxygen atoms in total. The minimum absolute atomic E-state index is 0. The third-order valence-electron chi connectivity index (χ3n) is 8.21. The maximum absolute atomic E-state index is 12.2. The number of unbranched alkanes of at least 4 members (excludes halogenated alkanes) is 2. The van der Waals surface area contributed by atoms with E-state index in [1.54, 1.807) is 0 Å². The summed E-state index contributed by atoms with van der Waals surface area (Å²) >= 11 is 32.5. The van der Waals surface area contributed by atoms with Gasteiger partial charge < -0.3 is 19.3 Å². The molecule has 2 saturated carbocycles. The van der Waals surface area contributed by atoms with E-state index in [0.717, 1.165) is 0 Å². The van der Waals surface area contributed by atoms with E-state index in [0.29, 0.717) is 45.2 Å². The Morgan fingerprint density at radius 1 is 0.959 bits per heavy atom. The SMILES string of the molecule is CC(=O)NC1CC(N(CCCCS(=O)(=O)[O-])CCCCS(=O)(=O)[O-])CCC1N=Nc1c(C#N)cnn1C1C(Cl)C(Cl)C(Cl)C(Cl)C1Cl.[K+].[K+]. The summed E-state index contributed by atoms with van der Waals surface area (Å²) in [5, 5.41) is 22.0. The molecule has 2 aliphatic carbocycles. The fourth-order valence-corrected chi connectivity index (χ4v) is 9.09. The number of hydrogen-bond acceptors (Lipinski definition) is 12. The number of carbonyl (C=O) groups is 1. The predicted molar refractivity (Wildman–Crippen MR) is 177 cm³/mol. The fourth-order valence-electron chi connectivity index (χ4n) is 5.91. The van der Waals surface area contributed by atoms with Gasteiger partial charge in [0.05, 0.1) is 71.4 Å². The van der Waals surface area contributed by atoms with Crippen LogP contribution in [0.4, 0.5) is 5.82 Å². The van der Waals surface area contributed by atoms with Crippen molar-refractivity contribution in [1.82, 2.24) is 20.0 Å². The molecule has 0 aliphatic heterocycles. The van der Waals surface area contributed by atoms with Gasteiger partial charge in [-0.05, 0) is 58.0 Å². The largest absolute Gasteiger partial charge is 1.00 e. The van der Waals surface area contributed by atoms with Gasteiger partial charge in [-0.25, -0.2) is 21.5 Å². The van der Waals surface area contributed by atoms with Gasteiger partial charge in [0.25, 0.3) is 0 Å². The Bertz CT molecular complexity index is 1470. The molecule has 3 rings (SSSR count). The Morgan fingerprint density at radius 3 is 1.94 bits per heavy atom. The number of hydrogen-bond donors (Lipinski definition) is 1. The first-order valence-corrected chi connectivity index (χ1v) is 20.2. The molecular formula is C26H36Cl5K2N7O7S2. The maximum atomic E-state index is 12.2. The molecule has 0 bridgehead atoms. The number of azo groups is 1. The summed E-state index contributed by atoms with van der Waals surface area (Å²) < 4.78 is 67.8. The second-order valence-electron chi connectivity index (χ2n) is 11.7. The van der Waals surface area contributed by atoms with Gasteiger partial charge in [0.1, 0.15) is 11.6 Å². The van der Waals surface area contributed by atoms with Gasteiger partial charge in [0.15, 0.2) is 5.82 Å². The van der Waals surface area contributed by atoms with Gasteiger partial charge in [-0.15, -0.1) is 63.1 Å². The molecule has 1 aromatic rings. The van der Waals surface area contributed by atoms with Crippen molar-refractivity contribution in [2.24, 2.45) is 10.2 Å². The van der Waals surface area contributed by atoms with E-state index in [4.69, 9.17) is 58.0 Å². The number of nitrogens with one attached hydrogen (secondary N) is 1. The van der Waals surface area contributed by atoms with Gasteiger partial charge in [-0.3, -0.25) is 4.79 Å². The number of nitriles is 1. The number of amides is 1. The third kappa shape index (κ3) is 15.4. The standard InChI is InChI=1S/C26H38Cl5N7O7S2.2K/c1-15(39)34-19-12-17(37(8-2-4-10-46(40,41)42)9-3-5-11-47(43,44)45)6-7-18(19)35-36-26-16(13-32)14-33-38(26)25-23(30)21(28)20(27)22(29)24(25)31;;/h14,17-25H,2-12H2,1H3,(H,34,39)(H,40,41,42)(H,43,44,45);;/q;2*+1/p-2. The summed E-state index contributed by atoms with van der Waals surface area (Å²) in [4.78, 5) is 14.3. The van der Waals surface area contributed by atoms with Crippen LogP contribution in [0, 0.1) is 11.3 Å². The van der Waals surface area contributed by atoms with Crippen molar-refractivity contribution in [3.05, 3.63) is 11.8 Å². The summed E-state index contributed by atoms with van der Waals surface area (Å²) in [6, 6.07) is 0.130. The van der Waals surface area contributed by atoms with Crippen molar-refractivity contribution < 1.29 is 134 Å². The number of aromatic nitrogens is 2. The average molecular weight is 878 g/mol. The molecule has 2 aliphatic rings. The van der Waals surface area contributed by atoms with Crippen molar-refractivity contribution in [3.63, 3.8) is 0 Å². The minimum Gasteiger partial charge on any atom is -0.748 e. The van der Waals surface area contributed by atoms with E-state index in [-0.39, 0.29) is 139 Å². The van der Waals surface area contributed by atoms with Crippen LogP contribution in [0.5, 0.6) is 0 Å². The summed E-state index contributed by atoms with van der Waals surface area (Å²) in [7, 11) is -8.74. The molecule has 2 fully saturated rings. The molecular weight excluding hydrogens is 842 g/mol. The van der Waals surface area contributed by atoms with Gasteiger partial charge in [-0.1, -0.05) is 0 Å². The van der Waals surface area contributed by atoms with Crippen molar-refractivity contribution in [2.75, 3.05) is 24.6 Å². The number of halogens is 5. The van der Waals surface area contributed by atoms with E-state index in [1.165, 1.54) is 17.8 Å². The summed E-state index contributed by atoms with van der Waals surface area (Å²) in [5.41, 5.74) is 0.0999. The fraction of sp³-hybridized carbons (Fsp3) is 0.808. The second-order valence-corrected chi connectivity index (χ2v) is 17.2. The van der Waals surface area contributed by atoms with Crippen molar-refractivity contribution in [3.8, 4) is 6.07 Å². The Balaban J connectivity index is 0.00000600. The first-order valence-electron chi connectivity index (χ1n) is 14.9. The Labute approximate surface area is 397 Å². The van der Waals surface area contributed by atoms with Crippen molar-refractivity contribution >= 4 is 90.0 Å². The molecule has 23 heteroatoms. The van der Waals surface area contributed by atoms with Crippen LogP contribution in [-0.4, -0.2) is 116 Å². The van der Waals surface area contributed by atoms with Gasteiger partial charge in [-0.2, -0.15) is 15.5 Å². The zero-order valence-corrected chi connectivity index (χ0v) is 39.0. The third-order valence-corrected chi connectivity index (χ3v) is 13.0. The van der Waals surface area contributed by atoms with Crippen molar-refractivity contribution in [2.45, 2.75) is 103 Å². The summed E-state index contributed by atoms with van der Waals surface area (Å²) in [5.74, 6) is -1.23. The number of alkyl halides is 5. The zero-order chi connectivity index (χ0) is 35.1. The van der Waals surface area contributed by atoms with Crippen LogP contribution in [0.3, 0.4) is 0 Å². The number of nitrogens with zero attached hydrogens (tertiary/aromatic N) is 6. The molecule has 7 unspecified atom stereocenters. The molecule has 49 heavy (non-hydrogen) atoms. The van der Waals surface area contributed by atoms with Crippen LogP contribution >= 0.6 is 58.0 Å². The normalized spacial score (nSPS) is 29.2. The zero-order valence-electron chi connectivity index (χ0n) is 27.3. The van der Waals surface area contributed by atoms with E-state index in [2.05, 4.69) is 25.5 Å². The molecule has 7 atom stereocenters. The number of rotatable bonds is 15. The predicted octanol–water partition coefficient (Wildman–Crippen LogP) is -2.18. The number of carbonyl (C=O) groups excluding carboxylic acids is 1. The Hall–Kier alpha value is 2.27. The molecule has 0 spiro atoms. The topological polar surface area (TPSA) is 213 Å². The van der Waals surface area contributed by atoms with E-state index in [1.807, 2.05) is 6.07 Å². The Kier molecular flexibility index (Phi) is 22.9. The minimum atomic E-state index is -4.37. The van der Waals surface area contributed by atoms with Crippen LogP contribution in [0.1, 0.15) is 63.5 Å². The van der Waals surface area contributed by atoms with Crippen LogP contribution in [0.25, 0.3) is 0 Å². The van der Waals surface area contributed by atoms with E-state index in [9.17, 15) is 36.0 Å². The first kappa shape index (κ1) is 49.3. The molecule has 0 saturated heterocycles. The van der Waals surface area contributed by atoms with Crippen LogP contribution in [-0.2, 0) is 25.0 Å². The maximum Gasteiger partial charge on any atom is 1.00 e.